The molecule has 0 saturated carbocycles. The van der Waals surface area contributed by atoms with Crippen LogP contribution in [0.3, 0.4) is 0 Å². The van der Waals surface area contributed by atoms with Gasteiger partial charge in [-0.3, -0.25) is 9.59 Å². The molecule has 4 N–H and O–H groups in total. The highest BCUT2D eigenvalue weighted by Crippen LogP contribution is 2.20. The van der Waals surface area contributed by atoms with E-state index in [0.29, 0.717) is 25.3 Å². The molecular weight excluding hydrogens is 356 g/mol. The maximum atomic E-state index is 12.4. The van der Waals surface area contributed by atoms with Crippen LogP contribution in [0.15, 0.2) is 54.6 Å². The van der Waals surface area contributed by atoms with Crippen molar-refractivity contribution in [2.45, 2.75) is 12.5 Å². The van der Waals surface area contributed by atoms with E-state index in [2.05, 4.69) is 10.3 Å². The Labute approximate surface area is 162 Å². The van der Waals surface area contributed by atoms with Crippen LogP contribution in [-0.2, 0) is 20.7 Å². The molecule has 4 rings (SSSR count). The van der Waals surface area contributed by atoms with Crippen molar-refractivity contribution in [3.8, 4) is 0 Å². The van der Waals surface area contributed by atoms with Crippen molar-refractivity contribution in [1.29, 1.82) is 0 Å². The molecule has 7 heteroatoms. The number of anilines is 2. The predicted octanol–water partition coefficient (Wildman–Crippen LogP) is 2.04. The van der Waals surface area contributed by atoms with Crippen LogP contribution >= 0.6 is 0 Å². The molecule has 1 aliphatic heterocycles. The van der Waals surface area contributed by atoms with Crippen molar-refractivity contribution in [1.82, 2.24) is 4.98 Å². The third-order valence-electron chi connectivity index (χ3n) is 4.79. The van der Waals surface area contributed by atoms with Gasteiger partial charge in [0.2, 0.25) is 5.91 Å². The van der Waals surface area contributed by atoms with Crippen molar-refractivity contribution in [2.75, 3.05) is 30.0 Å². The normalized spacial score (nSPS) is 15.6. The van der Waals surface area contributed by atoms with Crippen molar-refractivity contribution in [3.63, 3.8) is 0 Å². The third kappa shape index (κ3) is 3.90. The summed E-state index contributed by atoms with van der Waals surface area (Å²) in [6.45, 7) is 1.15. The highest BCUT2D eigenvalue weighted by molar-refractivity contribution is 5.97. The van der Waals surface area contributed by atoms with Crippen molar-refractivity contribution in [3.05, 3.63) is 60.3 Å². The Morgan fingerprint density at radius 1 is 1.21 bits per heavy atom. The fourth-order valence-corrected chi connectivity index (χ4v) is 3.32. The minimum absolute atomic E-state index is 0.0663. The van der Waals surface area contributed by atoms with Gasteiger partial charge < -0.3 is 25.7 Å². The molecule has 1 atom stereocenters. The zero-order valence-corrected chi connectivity index (χ0v) is 15.4. The zero-order chi connectivity index (χ0) is 19.5. The predicted molar refractivity (Wildman–Crippen MR) is 108 cm³/mol. The third-order valence-corrected chi connectivity index (χ3v) is 4.79. The summed E-state index contributed by atoms with van der Waals surface area (Å²) in [4.78, 5) is 29.3. The van der Waals surface area contributed by atoms with Crippen LogP contribution in [0.2, 0.25) is 0 Å². The molecular formula is C21H22N4O3. The first-order valence-corrected chi connectivity index (χ1v) is 9.21. The number of carbonyl (C=O) groups is 2. The van der Waals surface area contributed by atoms with Crippen LogP contribution in [-0.4, -0.2) is 42.6 Å². The number of benzene rings is 2. The highest BCUT2D eigenvalue weighted by Gasteiger charge is 2.20. The molecule has 1 unspecified atom stereocenters. The number of aromatic nitrogens is 1. The summed E-state index contributed by atoms with van der Waals surface area (Å²) >= 11 is 0. The Hall–Kier alpha value is -3.16. The molecule has 0 aliphatic carbocycles. The first-order valence-electron chi connectivity index (χ1n) is 9.21. The van der Waals surface area contributed by atoms with E-state index < -0.39 is 6.04 Å². The molecule has 0 radical (unpaired) electrons. The van der Waals surface area contributed by atoms with Gasteiger partial charge in [-0.05, 0) is 41.8 Å². The number of H-pyrrole nitrogens is 1. The molecule has 2 heterocycles. The Morgan fingerprint density at radius 3 is 2.75 bits per heavy atom. The van der Waals surface area contributed by atoms with Gasteiger partial charge in [-0.15, -0.1) is 0 Å². The van der Waals surface area contributed by atoms with Gasteiger partial charge in [0.1, 0.15) is 6.61 Å². The Balaban J connectivity index is 1.37. The number of carbonyl (C=O) groups excluding carboxylic acids is 2. The monoisotopic (exact) mass is 378 g/mol. The number of nitrogens with zero attached hydrogens (tertiary/aromatic N) is 1. The zero-order valence-electron chi connectivity index (χ0n) is 15.4. The van der Waals surface area contributed by atoms with Crippen molar-refractivity contribution < 1.29 is 14.3 Å². The van der Waals surface area contributed by atoms with Gasteiger partial charge in [0.05, 0.1) is 12.6 Å². The van der Waals surface area contributed by atoms with Crippen LogP contribution in [0, 0.1) is 0 Å². The van der Waals surface area contributed by atoms with E-state index in [1.54, 1.807) is 17.0 Å². The molecule has 1 aliphatic rings. The van der Waals surface area contributed by atoms with E-state index in [4.69, 9.17) is 10.5 Å². The van der Waals surface area contributed by atoms with Gasteiger partial charge in [0, 0.05) is 35.6 Å². The van der Waals surface area contributed by atoms with E-state index in [1.807, 2.05) is 42.5 Å². The molecule has 0 bridgehead atoms. The van der Waals surface area contributed by atoms with Gasteiger partial charge >= 0.3 is 0 Å². The minimum atomic E-state index is -0.673. The topological polar surface area (TPSA) is 100 Å². The molecule has 1 saturated heterocycles. The average Bonchev–Trinajstić information content (AvgIpc) is 3.11. The fraction of sp³-hybridized carbons (Fsp3) is 0.238. The van der Waals surface area contributed by atoms with Crippen LogP contribution in [0.1, 0.15) is 5.69 Å². The standard InChI is InChI=1S/C21H22N4O3/c22-18(12-16-11-14-3-1-2-4-19(14)23-16)21(27)24-15-5-7-17(8-6-15)25-9-10-28-13-20(25)26/h1-8,11,18,23H,9-10,12-13,22H2,(H,24,27). The van der Waals surface area contributed by atoms with Crippen molar-refractivity contribution >= 4 is 34.1 Å². The van der Waals surface area contributed by atoms with Crippen LogP contribution < -0.4 is 16.0 Å². The van der Waals surface area contributed by atoms with Crippen LogP contribution in [0.4, 0.5) is 11.4 Å². The Bertz CT molecular complexity index is 963. The number of fused-ring (bicyclic) bond motifs is 1. The molecule has 2 amide bonds. The summed E-state index contributed by atoms with van der Waals surface area (Å²) in [7, 11) is 0. The molecule has 2 aromatic carbocycles. The van der Waals surface area contributed by atoms with Crippen molar-refractivity contribution in [2.24, 2.45) is 5.73 Å². The maximum Gasteiger partial charge on any atom is 0.253 e. The summed E-state index contributed by atoms with van der Waals surface area (Å²) < 4.78 is 5.14. The number of aromatic amines is 1. The van der Waals surface area contributed by atoms with Gasteiger partial charge in [-0.25, -0.2) is 0 Å². The average molecular weight is 378 g/mol. The van der Waals surface area contributed by atoms with Crippen LogP contribution in [0.25, 0.3) is 10.9 Å². The maximum absolute atomic E-state index is 12.4. The second kappa shape index (κ2) is 7.84. The van der Waals surface area contributed by atoms with Gasteiger partial charge in [-0.2, -0.15) is 0 Å². The molecule has 7 nitrogen and oxygen atoms in total. The molecule has 144 valence electrons. The van der Waals surface area contributed by atoms with E-state index in [9.17, 15) is 9.59 Å². The number of amides is 2. The number of hydrogen-bond acceptors (Lipinski definition) is 4. The number of nitrogens with one attached hydrogen (secondary N) is 2. The second-order valence-corrected chi connectivity index (χ2v) is 6.83. The number of hydrogen-bond donors (Lipinski definition) is 3. The quantitative estimate of drug-likeness (QED) is 0.632. The number of rotatable bonds is 5. The summed E-state index contributed by atoms with van der Waals surface area (Å²) in [5.74, 6) is -0.322. The summed E-state index contributed by atoms with van der Waals surface area (Å²) in [5.41, 5.74) is 9.46. The lowest BCUT2D eigenvalue weighted by Gasteiger charge is -2.27. The first kappa shape index (κ1) is 18.2. The van der Waals surface area contributed by atoms with E-state index >= 15 is 0 Å². The van der Waals surface area contributed by atoms with E-state index in [1.165, 1.54) is 0 Å². The number of morpholine rings is 1. The molecule has 3 aromatic rings. The van der Waals surface area contributed by atoms with Gasteiger partial charge in [-0.1, -0.05) is 18.2 Å². The SMILES string of the molecule is NC(Cc1cc2ccccc2[nH]1)C(=O)Nc1ccc(N2CCOCC2=O)cc1. The summed E-state index contributed by atoms with van der Waals surface area (Å²) in [6, 6.07) is 16.4. The Morgan fingerprint density at radius 2 is 2.00 bits per heavy atom. The lowest BCUT2D eigenvalue weighted by Crippen LogP contribution is -2.41. The highest BCUT2D eigenvalue weighted by atomic mass is 16.5. The lowest BCUT2D eigenvalue weighted by molar-refractivity contribution is -0.125. The second-order valence-electron chi connectivity index (χ2n) is 6.83. The minimum Gasteiger partial charge on any atom is -0.370 e. The largest absolute Gasteiger partial charge is 0.370 e. The smallest absolute Gasteiger partial charge is 0.253 e. The van der Waals surface area contributed by atoms with Gasteiger partial charge in [0.25, 0.3) is 5.91 Å². The first-order chi connectivity index (χ1) is 13.6. The molecule has 0 spiro atoms. The molecule has 1 fully saturated rings. The number of ether oxygens (including phenoxy) is 1. The van der Waals surface area contributed by atoms with E-state index in [-0.39, 0.29) is 18.4 Å². The van der Waals surface area contributed by atoms with E-state index in [0.717, 1.165) is 22.3 Å². The lowest BCUT2D eigenvalue weighted by atomic mass is 10.1. The number of nitrogens with two attached hydrogens (primary N) is 1. The summed E-state index contributed by atoms with van der Waals surface area (Å²) in [5, 5.41) is 3.93. The molecule has 1 aromatic heterocycles. The van der Waals surface area contributed by atoms with Gasteiger partial charge in [0.15, 0.2) is 0 Å². The fourth-order valence-electron chi connectivity index (χ4n) is 3.32. The van der Waals surface area contributed by atoms with Crippen LogP contribution in [0.5, 0.6) is 0 Å². The number of para-hydroxylation sites is 1. The summed E-state index contributed by atoms with van der Waals surface area (Å²) in [6.07, 6.45) is 0.418. The molecule has 28 heavy (non-hydrogen) atoms. The Kier molecular flexibility index (Phi) is 5.10.